The zero-order valence-electron chi connectivity index (χ0n) is 17.9. The molecule has 29 heavy (non-hydrogen) atoms. The van der Waals surface area contributed by atoms with Gasteiger partial charge in [0, 0.05) is 0 Å². The molecule has 0 bridgehead atoms. The molecule has 0 saturated heterocycles. The first kappa shape index (κ1) is 20.0. The first-order valence-corrected chi connectivity index (χ1v) is 11.3. The second kappa shape index (κ2) is 9.44. The van der Waals surface area contributed by atoms with Gasteiger partial charge in [-0.05, 0) is 79.4 Å². The molecule has 4 rings (SSSR count). The number of rotatable bonds is 6. The average Bonchev–Trinajstić information content (AvgIpc) is 2.73. The highest BCUT2D eigenvalue weighted by atomic mass is 14.4. The van der Waals surface area contributed by atoms with Gasteiger partial charge in [-0.25, -0.2) is 0 Å². The SMILES string of the molecule is Cc1ccc(CC2C(Cc3ccccc3)CC(C)CC2Cc2ccccc2)cc1. The van der Waals surface area contributed by atoms with Crippen molar-refractivity contribution in [2.75, 3.05) is 0 Å². The van der Waals surface area contributed by atoms with E-state index in [2.05, 4.69) is 98.8 Å². The predicted molar refractivity (Wildman–Crippen MR) is 124 cm³/mol. The van der Waals surface area contributed by atoms with Crippen LogP contribution in [0.25, 0.3) is 0 Å². The summed E-state index contributed by atoms with van der Waals surface area (Å²) in [5, 5.41) is 0. The van der Waals surface area contributed by atoms with Crippen molar-refractivity contribution < 1.29 is 0 Å². The molecular formula is C29H34. The summed E-state index contributed by atoms with van der Waals surface area (Å²) in [5.74, 6) is 3.08. The number of hydrogen-bond donors (Lipinski definition) is 0. The van der Waals surface area contributed by atoms with Crippen molar-refractivity contribution >= 4 is 0 Å². The Morgan fingerprint density at radius 2 is 1.03 bits per heavy atom. The van der Waals surface area contributed by atoms with Gasteiger partial charge in [0.2, 0.25) is 0 Å². The van der Waals surface area contributed by atoms with Gasteiger partial charge in [0.05, 0.1) is 0 Å². The lowest BCUT2D eigenvalue weighted by Crippen LogP contribution is -2.36. The van der Waals surface area contributed by atoms with Gasteiger partial charge in [0.1, 0.15) is 0 Å². The maximum Gasteiger partial charge on any atom is -0.0245 e. The molecule has 1 fully saturated rings. The molecule has 0 nitrogen and oxygen atoms in total. The lowest BCUT2D eigenvalue weighted by Gasteiger charge is -2.42. The molecule has 0 N–H and O–H groups in total. The Labute approximate surface area is 177 Å². The Morgan fingerprint density at radius 1 is 0.586 bits per heavy atom. The molecule has 0 heteroatoms. The summed E-state index contributed by atoms with van der Waals surface area (Å²) < 4.78 is 0. The van der Waals surface area contributed by atoms with Crippen LogP contribution in [0.5, 0.6) is 0 Å². The third-order valence-electron chi connectivity index (χ3n) is 6.89. The predicted octanol–water partition coefficient (Wildman–Crippen LogP) is 7.30. The molecule has 0 heterocycles. The minimum atomic E-state index is 0.745. The highest BCUT2D eigenvalue weighted by molar-refractivity contribution is 5.23. The fourth-order valence-electron chi connectivity index (χ4n) is 5.50. The number of hydrogen-bond acceptors (Lipinski definition) is 0. The maximum atomic E-state index is 2.47. The zero-order chi connectivity index (χ0) is 20.1. The lowest BCUT2D eigenvalue weighted by molar-refractivity contribution is 0.110. The van der Waals surface area contributed by atoms with Crippen molar-refractivity contribution in [2.45, 2.75) is 46.0 Å². The molecular weight excluding hydrogens is 348 g/mol. The van der Waals surface area contributed by atoms with Crippen LogP contribution in [0.4, 0.5) is 0 Å². The van der Waals surface area contributed by atoms with Crippen molar-refractivity contribution in [1.29, 1.82) is 0 Å². The third kappa shape index (κ3) is 5.38. The van der Waals surface area contributed by atoms with Crippen molar-refractivity contribution in [1.82, 2.24) is 0 Å². The van der Waals surface area contributed by atoms with Gasteiger partial charge in [0.25, 0.3) is 0 Å². The molecule has 2 atom stereocenters. The Kier molecular flexibility index (Phi) is 6.49. The molecule has 1 aliphatic rings. The van der Waals surface area contributed by atoms with Gasteiger partial charge in [-0.3, -0.25) is 0 Å². The lowest BCUT2D eigenvalue weighted by atomic mass is 9.63. The highest BCUT2D eigenvalue weighted by Gasteiger charge is 2.36. The Bertz CT molecular complexity index is 811. The van der Waals surface area contributed by atoms with E-state index < -0.39 is 0 Å². The fraction of sp³-hybridized carbons (Fsp3) is 0.379. The van der Waals surface area contributed by atoms with Crippen LogP contribution in [0.15, 0.2) is 84.9 Å². The van der Waals surface area contributed by atoms with E-state index in [1.54, 1.807) is 0 Å². The van der Waals surface area contributed by atoms with E-state index in [0.29, 0.717) is 0 Å². The van der Waals surface area contributed by atoms with E-state index in [9.17, 15) is 0 Å². The summed E-state index contributed by atoms with van der Waals surface area (Å²) in [5.41, 5.74) is 5.86. The van der Waals surface area contributed by atoms with Gasteiger partial charge in [0.15, 0.2) is 0 Å². The first-order chi connectivity index (χ1) is 14.2. The summed E-state index contributed by atoms with van der Waals surface area (Å²) in [6.07, 6.45) is 6.36. The summed E-state index contributed by atoms with van der Waals surface area (Å²) in [6, 6.07) is 31.6. The summed E-state index contributed by atoms with van der Waals surface area (Å²) in [7, 11) is 0. The largest absolute Gasteiger partial charge is 0.0625 e. The highest BCUT2D eigenvalue weighted by Crippen LogP contribution is 2.43. The van der Waals surface area contributed by atoms with Crippen LogP contribution >= 0.6 is 0 Å². The molecule has 0 aromatic heterocycles. The van der Waals surface area contributed by atoms with Gasteiger partial charge >= 0.3 is 0 Å². The minimum absolute atomic E-state index is 0.745. The fourth-order valence-corrected chi connectivity index (χ4v) is 5.50. The van der Waals surface area contributed by atoms with E-state index in [4.69, 9.17) is 0 Å². The topological polar surface area (TPSA) is 0 Å². The second-order valence-corrected chi connectivity index (χ2v) is 9.33. The smallest absolute Gasteiger partial charge is 0.0245 e. The molecule has 150 valence electrons. The molecule has 3 aromatic carbocycles. The van der Waals surface area contributed by atoms with Crippen LogP contribution in [0.1, 0.15) is 42.0 Å². The standard InChI is InChI=1S/C29H34/c1-22-13-15-26(16-14-22)21-29-27(19-24-9-5-3-6-10-24)17-23(2)18-28(29)20-25-11-7-4-8-12-25/h3-16,23,27-29H,17-21H2,1-2H3. The molecule has 3 aromatic rings. The van der Waals surface area contributed by atoms with Crippen molar-refractivity contribution in [3.05, 3.63) is 107 Å². The van der Waals surface area contributed by atoms with Crippen LogP contribution in [-0.2, 0) is 19.3 Å². The molecule has 0 radical (unpaired) electrons. The van der Waals surface area contributed by atoms with E-state index >= 15 is 0 Å². The monoisotopic (exact) mass is 382 g/mol. The molecule has 0 spiro atoms. The number of aryl methyl sites for hydroxylation is 1. The Morgan fingerprint density at radius 3 is 1.52 bits per heavy atom. The van der Waals surface area contributed by atoms with Crippen molar-refractivity contribution in [2.24, 2.45) is 23.7 Å². The Hall–Kier alpha value is -2.34. The van der Waals surface area contributed by atoms with Gasteiger partial charge in [-0.15, -0.1) is 0 Å². The molecule has 0 aliphatic heterocycles. The van der Waals surface area contributed by atoms with E-state index in [0.717, 1.165) is 23.7 Å². The molecule has 1 aliphatic carbocycles. The summed E-state index contributed by atoms with van der Waals surface area (Å²) in [4.78, 5) is 0. The van der Waals surface area contributed by atoms with E-state index in [-0.39, 0.29) is 0 Å². The van der Waals surface area contributed by atoms with Gasteiger partial charge in [-0.2, -0.15) is 0 Å². The van der Waals surface area contributed by atoms with Gasteiger partial charge < -0.3 is 0 Å². The maximum absolute atomic E-state index is 2.47. The van der Waals surface area contributed by atoms with Crippen LogP contribution in [0, 0.1) is 30.6 Å². The third-order valence-corrected chi connectivity index (χ3v) is 6.89. The first-order valence-electron chi connectivity index (χ1n) is 11.3. The van der Waals surface area contributed by atoms with Crippen LogP contribution < -0.4 is 0 Å². The van der Waals surface area contributed by atoms with Crippen LogP contribution in [0.2, 0.25) is 0 Å². The van der Waals surface area contributed by atoms with Crippen LogP contribution in [0.3, 0.4) is 0 Å². The quantitative estimate of drug-likeness (QED) is 0.419. The summed E-state index contributed by atoms with van der Waals surface area (Å²) in [6.45, 7) is 4.65. The van der Waals surface area contributed by atoms with E-state index in [1.807, 2.05) is 0 Å². The molecule has 0 amide bonds. The van der Waals surface area contributed by atoms with Gasteiger partial charge in [-0.1, -0.05) is 97.4 Å². The average molecular weight is 383 g/mol. The molecule has 2 unspecified atom stereocenters. The normalized spacial score (nSPS) is 24.3. The zero-order valence-corrected chi connectivity index (χ0v) is 17.9. The van der Waals surface area contributed by atoms with Crippen molar-refractivity contribution in [3.8, 4) is 0 Å². The Balaban J connectivity index is 1.60. The van der Waals surface area contributed by atoms with Crippen molar-refractivity contribution in [3.63, 3.8) is 0 Å². The van der Waals surface area contributed by atoms with Crippen LogP contribution in [-0.4, -0.2) is 0 Å². The van der Waals surface area contributed by atoms with E-state index in [1.165, 1.54) is 54.4 Å². The second-order valence-electron chi connectivity index (χ2n) is 9.33. The number of benzene rings is 3. The minimum Gasteiger partial charge on any atom is -0.0625 e. The summed E-state index contributed by atoms with van der Waals surface area (Å²) >= 11 is 0. The molecule has 1 saturated carbocycles.